The van der Waals surface area contributed by atoms with Crippen LogP contribution in [-0.2, 0) is 16.1 Å². The topological polar surface area (TPSA) is 92.9 Å². The number of halogens is 2. The van der Waals surface area contributed by atoms with Gasteiger partial charge in [-0.15, -0.1) is 0 Å². The first-order valence-electron chi connectivity index (χ1n) is 12.7. The van der Waals surface area contributed by atoms with Gasteiger partial charge < -0.3 is 19.3 Å². The number of likely N-dealkylation sites (tertiary alicyclic amines) is 1. The van der Waals surface area contributed by atoms with Crippen LogP contribution in [0.4, 0.5) is 8.78 Å². The van der Waals surface area contributed by atoms with Crippen molar-refractivity contribution >= 4 is 11.9 Å². The predicted octanol–water partition coefficient (Wildman–Crippen LogP) is 5.61. The number of aryl methyl sites for hydroxylation is 1. The number of carbonyl (C=O) groups excluding carboxylic acids is 2. The van der Waals surface area contributed by atoms with Crippen molar-refractivity contribution in [3.8, 4) is 0 Å². The summed E-state index contributed by atoms with van der Waals surface area (Å²) in [4.78, 5) is 26.6. The molecule has 2 fully saturated rings. The van der Waals surface area contributed by atoms with E-state index in [4.69, 9.17) is 9.26 Å². The van der Waals surface area contributed by atoms with Crippen LogP contribution in [0, 0.1) is 17.8 Å². The molecule has 1 atom stereocenters. The summed E-state index contributed by atoms with van der Waals surface area (Å²) in [6, 6.07) is 7.74. The van der Waals surface area contributed by atoms with Crippen molar-refractivity contribution in [3.05, 3.63) is 52.9 Å². The first kappa shape index (κ1) is 27.2. The Balaban J connectivity index is 1.46. The number of esters is 1. The maximum Gasteiger partial charge on any atom is 0.352 e. The summed E-state index contributed by atoms with van der Waals surface area (Å²) in [6.07, 6.45) is 1.30. The van der Waals surface area contributed by atoms with Crippen LogP contribution in [-0.4, -0.2) is 45.1 Å². The van der Waals surface area contributed by atoms with E-state index in [-0.39, 0.29) is 31.8 Å². The summed E-state index contributed by atoms with van der Waals surface area (Å²) in [5.41, 5.74) is -1.79. The summed E-state index contributed by atoms with van der Waals surface area (Å²) in [5, 5.41) is 15.2. The van der Waals surface area contributed by atoms with Crippen molar-refractivity contribution in [1.29, 1.82) is 0 Å². The van der Waals surface area contributed by atoms with E-state index < -0.39 is 40.3 Å². The highest BCUT2D eigenvalue weighted by Crippen LogP contribution is 2.55. The van der Waals surface area contributed by atoms with E-state index >= 15 is 8.78 Å². The van der Waals surface area contributed by atoms with Crippen molar-refractivity contribution in [3.63, 3.8) is 0 Å². The number of amides is 1. The maximum atomic E-state index is 15.8. The lowest BCUT2D eigenvalue weighted by Gasteiger charge is -2.51. The predicted molar refractivity (Wildman–Crippen MR) is 132 cm³/mol. The van der Waals surface area contributed by atoms with Crippen molar-refractivity contribution < 1.29 is 32.7 Å². The minimum absolute atomic E-state index is 0.132. The fourth-order valence-corrected chi connectivity index (χ4v) is 6.45. The number of benzene rings is 1. The van der Waals surface area contributed by atoms with Gasteiger partial charge in [0.05, 0.1) is 11.6 Å². The summed E-state index contributed by atoms with van der Waals surface area (Å²) in [7, 11) is 0. The first-order valence-corrected chi connectivity index (χ1v) is 12.7. The van der Waals surface area contributed by atoms with Gasteiger partial charge in [-0.2, -0.15) is 8.78 Å². The molecule has 1 aliphatic heterocycles. The number of aromatic nitrogens is 1. The summed E-state index contributed by atoms with van der Waals surface area (Å²) >= 11 is 0. The van der Waals surface area contributed by atoms with Crippen LogP contribution in [0.1, 0.15) is 93.2 Å². The van der Waals surface area contributed by atoms with Crippen LogP contribution < -0.4 is 0 Å². The minimum Gasteiger partial charge on any atom is -0.454 e. The van der Waals surface area contributed by atoms with Gasteiger partial charge in [0.1, 0.15) is 11.3 Å². The third kappa shape index (κ3) is 5.56. The molecule has 0 unspecified atom stereocenters. The van der Waals surface area contributed by atoms with Gasteiger partial charge in [0, 0.05) is 12.6 Å². The van der Waals surface area contributed by atoms with E-state index in [1.54, 1.807) is 24.3 Å². The van der Waals surface area contributed by atoms with Gasteiger partial charge in [-0.3, -0.25) is 4.79 Å². The van der Waals surface area contributed by atoms with Crippen molar-refractivity contribution in [1.82, 2.24) is 10.1 Å². The van der Waals surface area contributed by atoms with Gasteiger partial charge in [-0.25, -0.2) is 4.79 Å². The second-order valence-electron chi connectivity index (χ2n) is 12.3. The van der Waals surface area contributed by atoms with Gasteiger partial charge in [0.25, 0.3) is 5.91 Å². The van der Waals surface area contributed by atoms with E-state index in [0.29, 0.717) is 30.5 Å². The average molecular weight is 519 g/mol. The Morgan fingerprint density at radius 3 is 2.38 bits per heavy atom. The van der Waals surface area contributed by atoms with Crippen molar-refractivity contribution in [2.45, 2.75) is 90.9 Å². The molecule has 0 radical (unpaired) electrons. The van der Waals surface area contributed by atoms with Crippen LogP contribution in [0.2, 0.25) is 0 Å². The van der Waals surface area contributed by atoms with E-state index in [1.807, 2.05) is 34.6 Å². The average Bonchev–Trinajstić information content (AvgIpc) is 3.44. The number of rotatable bonds is 6. The quantitative estimate of drug-likeness (QED) is 0.500. The summed E-state index contributed by atoms with van der Waals surface area (Å²) in [5.74, 6) is -5.63. The molecule has 9 heteroatoms. The van der Waals surface area contributed by atoms with Crippen molar-refractivity contribution in [2.75, 3.05) is 6.54 Å². The smallest absolute Gasteiger partial charge is 0.352 e. The molecule has 37 heavy (non-hydrogen) atoms. The zero-order chi connectivity index (χ0) is 27.2. The Morgan fingerprint density at radius 2 is 1.76 bits per heavy atom. The largest absolute Gasteiger partial charge is 0.454 e. The van der Waals surface area contributed by atoms with Gasteiger partial charge in [-0.1, -0.05) is 50.5 Å². The lowest BCUT2D eigenvalue weighted by molar-refractivity contribution is -0.231. The molecule has 2 aliphatic rings. The molecule has 0 bridgehead atoms. The summed E-state index contributed by atoms with van der Waals surface area (Å²) in [6.45, 7) is 9.25. The molecule has 1 aliphatic carbocycles. The Kier molecular flexibility index (Phi) is 6.99. The third-order valence-corrected chi connectivity index (χ3v) is 7.42. The first-order chi connectivity index (χ1) is 17.1. The zero-order valence-electron chi connectivity index (χ0n) is 22.1. The van der Waals surface area contributed by atoms with E-state index in [1.165, 1.54) is 6.07 Å². The number of aliphatic hydroxyl groups is 1. The number of alkyl halides is 2. The van der Waals surface area contributed by atoms with E-state index in [9.17, 15) is 14.7 Å². The molecule has 1 saturated carbocycles. The van der Waals surface area contributed by atoms with Crippen LogP contribution >= 0.6 is 0 Å². The second kappa shape index (κ2) is 9.49. The fourth-order valence-electron chi connectivity index (χ4n) is 6.45. The highest BCUT2D eigenvalue weighted by molar-refractivity contribution is 5.89. The molecule has 1 aromatic carbocycles. The molecular weight excluding hydrogens is 482 g/mol. The molecule has 0 spiro atoms. The molecule has 4 rings (SSSR count). The lowest BCUT2D eigenvalue weighted by atomic mass is 9.58. The highest BCUT2D eigenvalue weighted by atomic mass is 19.3. The highest BCUT2D eigenvalue weighted by Gasteiger charge is 2.65. The molecular formula is C28H36F2N2O5. The van der Waals surface area contributed by atoms with Crippen LogP contribution in [0.3, 0.4) is 0 Å². The number of ether oxygens (including phenoxy) is 1. The Bertz CT molecular complexity index is 1140. The number of carbonyl (C=O) groups is 2. The molecule has 1 aromatic heterocycles. The maximum absolute atomic E-state index is 15.8. The Labute approximate surface area is 216 Å². The standard InChI is InChI=1S/C28H36F2N2O5/c1-18-8-10-19(11-9-18)23(33)36-14-20-13-21(31-37-20)22-7-6-12-32(22)24(34)28(29,30)27(35)16-25(2,3)15-26(4,5)17-27/h8-11,13,22,35H,6-7,12,14-17H2,1-5H3/t22-/m0/s1. The van der Waals surface area contributed by atoms with Gasteiger partial charge >= 0.3 is 11.9 Å². The number of hydrogen-bond donors (Lipinski definition) is 1. The van der Waals surface area contributed by atoms with E-state index in [2.05, 4.69) is 5.16 Å². The van der Waals surface area contributed by atoms with Crippen LogP contribution in [0.5, 0.6) is 0 Å². The summed E-state index contributed by atoms with van der Waals surface area (Å²) < 4.78 is 42.1. The molecule has 1 N–H and O–H groups in total. The molecule has 202 valence electrons. The Hall–Kier alpha value is -2.81. The second-order valence-corrected chi connectivity index (χ2v) is 12.3. The van der Waals surface area contributed by atoms with Crippen molar-refractivity contribution in [2.24, 2.45) is 10.8 Å². The van der Waals surface area contributed by atoms with Gasteiger partial charge in [0.2, 0.25) is 0 Å². The minimum atomic E-state index is -3.96. The fraction of sp³-hybridized carbons (Fsp3) is 0.607. The molecule has 1 amide bonds. The van der Waals surface area contributed by atoms with Gasteiger partial charge in [-0.05, 0) is 62.0 Å². The van der Waals surface area contributed by atoms with Crippen LogP contribution in [0.25, 0.3) is 0 Å². The van der Waals surface area contributed by atoms with E-state index in [0.717, 1.165) is 10.5 Å². The zero-order valence-corrected chi connectivity index (χ0v) is 22.1. The molecule has 7 nitrogen and oxygen atoms in total. The molecule has 2 heterocycles. The van der Waals surface area contributed by atoms with Crippen LogP contribution in [0.15, 0.2) is 34.9 Å². The number of nitrogens with zero attached hydrogens (tertiary/aromatic N) is 2. The molecule has 1 saturated heterocycles. The Morgan fingerprint density at radius 1 is 1.14 bits per heavy atom. The number of hydrogen-bond acceptors (Lipinski definition) is 6. The SMILES string of the molecule is Cc1ccc(C(=O)OCc2cc([C@@H]3CCCN3C(=O)C(F)(F)C3(O)CC(C)(C)CC(C)(C)C3)no2)cc1. The molecule has 2 aromatic rings. The third-order valence-electron chi connectivity index (χ3n) is 7.42. The monoisotopic (exact) mass is 518 g/mol. The van der Waals surface area contributed by atoms with Gasteiger partial charge in [0.15, 0.2) is 12.4 Å². The lowest BCUT2D eigenvalue weighted by Crippen LogP contribution is -2.62. The normalized spacial score (nSPS) is 22.6.